The van der Waals surface area contributed by atoms with Crippen molar-refractivity contribution in [1.82, 2.24) is 4.72 Å². The molecule has 0 aliphatic heterocycles. The lowest BCUT2D eigenvalue weighted by molar-refractivity contribution is 0.547. The molecule has 3 N–H and O–H groups in total. The van der Waals surface area contributed by atoms with Crippen LogP contribution in [0.5, 0.6) is 0 Å². The summed E-state index contributed by atoms with van der Waals surface area (Å²) in [5, 5.41) is 0. The molecule has 0 bridgehead atoms. The third kappa shape index (κ3) is 3.09. The number of hydrogen-bond acceptors (Lipinski definition) is 3. The molecule has 7 heteroatoms. The van der Waals surface area contributed by atoms with Gasteiger partial charge in [0.2, 0.25) is 10.0 Å². The molecule has 0 radical (unpaired) electrons. The number of hydrogen-bond donors (Lipinski definition) is 2. The van der Waals surface area contributed by atoms with Gasteiger partial charge < -0.3 is 5.73 Å². The van der Waals surface area contributed by atoms with Crippen LogP contribution in [0.4, 0.5) is 4.39 Å². The lowest BCUT2D eigenvalue weighted by atomic mass is 10.2. The van der Waals surface area contributed by atoms with Crippen molar-refractivity contribution in [3.05, 3.63) is 28.0 Å². The Morgan fingerprint density at radius 3 is 2.67 bits per heavy atom. The monoisotopic (exact) mass is 336 g/mol. The van der Waals surface area contributed by atoms with E-state index in [0.717, 1.165) is 12.8 Å². The lowest BCUT2D eigenvalue weighted by Crippen LogP contribution is -2.27. The Kier molecular flexibility index (Phi) is 4.05. The highest BCUT2D eigenvalue weighted by Crippen LogP contribution is 2.29. The number of sulfonamides is 1. The maximum absolute atomic E-state index is 14.0. The van der Waals surface area contributed by atoms with Crippen LogP contribution in [0.3, 0.4) is 0 Å². The van der Waals surface area contributed by atoms with E-state index in [4.69, 9.17) is 5.73 Å². The fourth-order valence-corrected chi connectivity index (χ4v) is 3.51. The van der Waals surface area contributed by atoms with E-state index in [0.29, 0.717) is 16.9 Å². The minimum atomic E-state index is -3.81. The summed E-state index contributed by atoms with van der Waals surface area (Å²) in [5.74, 6) is -0.382. The highest BCUT2D eigenvalue weighted by atomic mass is 79.9. The van der Waals surface area contributed by atoms with Gasteiger partial charge >= 0.3 is 0 Å². The van der Waals surface area contributed by atoms with Crippen LogP contribution in [0.2, 0.25) is 0 Å². The Balaban J connectivity index is 2.32. The van der Waals surface area contributed by atoms with Crippen molar-refractivity contribution in [2.45, 2.75) is 24.3 Å². The summed E-state index contributed by atoms with van der Waals surface area (Å²) in [6.07, 6.45) is 2.05. The van der Waals surface area contributed by atoms with E-state index < -0.39 is 15.8 Å². The van der Waals surface area contributed by atoms with E-state index in [-0.39, 0.29) is 17.0 Å². The number of halogens is 2. The number of nitrogens with two attached hydrogens (primary N) is 1. The van der Waals surface area contributed by atoms with Crippen LogP contribution in [0.25, 0.3) is 0 Å². The molecule has 0 aromatic heterocycles. The van der Waals surface area contributed by atoms with Crippen molar-refractivity contribution >= 4 is 26.0 Å². The standard InChI is InChI=1S/C11H14BrFN2O2S/c12-9-3-8(5-14)11(13)10(4-9)18(16,17)15-6-7-1-2-7/h3-4,7,15H,1-2,5-6,14H2. The van der Waals surface area contributed by atoms with E-state index in [1.807, 2.05) is 0 Å². The average Bonchev–Trinajstić information content (AvgIpc) is 3.13. The van der Waals surface area contributed by atoms with Crippen molar-refractivity contribution in [2.75, 3.05) is 6.54 Å². The summed E-state index contributed by atoms with van der Waals surface area (Å²) >= 11 is 3.16. The second-order valence-electron chi connectivity index (χ2n) is 4.38. The van der Waals surface area contributed by atoms with Crippen LogP contribution in [-0.2, 0) is 16.6 Å². The van der Waals surface area contributed by atoms with Gasteiger partial charge in [-0.15, -0.1) is 0 Å². The van der Waals surface area contributed by atoms with Gasteiger partial charge in [-0.1, -0.05) is 15.9 Å². The molecule has 4 nitrogen and oxygen atoms in total. The van der Waals surface area contributed by atoms with Gasteiger partial charge in [-0.2, -0.15) is 0 Å². The molecule has 1 aliphatic rings. The first-order valence-corrected chi connectivity index (χ1v) is 7.89. The summed E-state index contributed by atoms with van der Waals surface area (Å²) < 4.78 is 40.9. The molecule has 1 saturated carbocycles. The zero-order valence-electron chi connectivity index (χ0n) is 9.62. The molecule has 0 saturated heterocycles. The minimum absolute atomic E-state index is 0.0452. The number of benzene rings is 1. The number of nitrogens with one attached hydrogen (secondary N) is 1. The van der Waals surface area contributed by atoms with Crippen molar-refractivity contribution in [3.8, 4) is 0 Å². The molecule has 0 heterocycles. The van der Waals surface area contributed by atoms with Crippen molar-refractivity contribution < 1.29 is 12.8 Å². The molecule has 2 rings (SSSR count). The van der Waals surface area contributed by atoms with Crippen molar-refractivity contribution in [3.63, 3.8) is 0 Å². The van der Waals surface area contributed by atoms with Gasteiger partial charge in [0.15, 0.2) is 0 Å². The Morgan fingerprint density at radius 2 is 2.11 bits per heavy atom. The third-order valence-corrected chi connectivity index (χ3v) is 4.73. The van der Waals surface area contributed by atoms with Crippen LogP contribution in [0, 0.1) is 11.7 Å². The summed E-state index contributed by atoms with van der Waals surface area (Å²) in [4.78, 5) is -0.349. The normalized spacial score (nSPS) is 15.9. The molecular formula is C11H14BrFN2O2S. The van der Waals surface area contributed by atoms with E-state index >= 15 is 0 Å². The second kappa shape index (κ2) is 5.24. The molecule has 1 fully saturated rings. The Morgan fingerprint density at radius 1 is 1.44 bits per heavy atom. The van der Waals surface area contributed by atoms with E-state index in [2.05, 4.69) is 20.7 Å². The molecule has 1 aliphatic carbocycles. The van der Waals surface area contributed by atoms with Gasteiger partial charge in [0.1, 0.15) is 10.7 Å². The van der Waals surface area contributed by atoms with Crippen LogP contribution < -0.4 is 10.5 Å². The first-order valence-electron chi connectivity index (χ1n) is 5.61. The van der Waals surface area contributed by atoms with Gasteiger partial charge in [0.05, 0.1) is 0 Å². The van der Waals surface area contributed by atoms with Crippen LogP contribution in [-0.4, -0.2) is 15.0 Å². The Labute approximate surface area is 114 Å². The lowest BCUT2D eigenvalue weighted by Gasteiger charge is -2.10. The SMILES string of the molecule is NCc1cc(Br)cc(S(=O)(=O)NCC2CC2)c1F. The minimum Gasteiger partial charge on any atom is -0.326 e. The third-order valence-electron chi connectivity index (χ3n) is 2.85. The molecule has 18 heavy (non-hydrogen) atoms. The zero-order valence-corrected chi connectivity index (χ0v) is 12.0. The molecule has 0 spiro atoms. The van der Waals surface area contributed by atoms with Gasteiger partial charge in [-0.05, 0) is 30.9 Å². The second-order valence-corrected chi connectivity index (χ2v) is 7.03. The molecule has 100 valence electrons. The first kappa shape index (κ1) is 13.9. The van der Waals surface area contributed by atoms with E-state index in [9.17, 15) is 12.8 Å². The Hall–Kier alpha value is -0.500. The topological polar surface area (TPSA) is 72.2 Å². The molecule has 0 atom stereocenters. The van der Waals surface area contributed by atoms with E-state index in [1.54, 1.807) is 0 Å². The molecule has 0 unspecified atom stereocenters. The smallest absolute Gasteiger partial charge is 0.243 e. The molecular weight excluding hydrogens is 323 g/mol. The Bertz CT molecular complexity index is 558. The van der Waals surface area contributed by atoms with Crippen molar-refractivity contribution in [1.29, 1.82) is 0 Å². The maximum Gasteiger partial charge on any atom is 0.243 e. The van der Waals surface area contributed by atoms with E-state index in [1.165, 1.54) is 12.1 Å². The van der Waals surface area contributed by atoms with Gasteiger partial charge in [0, 0.05) is 23.1 Å². The first-order chi connectivity index (χ1) is 8.44. The van der Waals surface area contributed by atoms with Crippen LogP contribution >= 0.6 is 15.9 Å². The predicted octanol–water partition coefficient (Wildman–Crippen LogP) is 1.74. The highest BCUT2D eigenvalue weighted by molar-refractivity contribution is 9.10. The van der Waals surface area contributed by atoms with Gasteiger partial charge in [0.25, 0.3) is 0 Å². The summed E-state index contributed by atoms with van der Waals surface area (Å²) in [5.41, 5.74) is 5.56. The predicted molar refractivity (Wildman–Crippen MR) is 69.9 cm³/mol. The fourth-order valence-electron chi connectivity index (χ4n) is 1.59. The van der Waals surface area contributed by atoms with Crippen LogP contribution in [0.1, 0.15) is 18.4 Å². The van der Waals surface area contributed by atoms with Crippen molar-refractivity contribution in [2.24, 2.45) is 11.7 Å². The van der Waals surface area contributed by atoms with Crippen LogP contribution in [0.15, 0.2) is 21.5 Å². The average molecular weight is 337 g/mol. The fraction of sp³-hybridized carbons (Fsp3) is 0.455. The van der Waals surface area contributed by atoms with Gasteiger partial charge in [-0.3, -0.25) is 0 Å². The molecule has 0 amide bonds. The summed E-state index contributed by atoms with van der Waals surface area (Å²) in [7, 11) is -3.81. The molecule has 1 aromatic rings. The summed E-state index contributed by atoms with van der Waals surface area (Å²) in [6.45, 7) is 0.322. The number of rotatable bonds is 5. The molecule has 1 aromatic carbocycles. The largest absolute Gasteiger partial charge is 0.326 e. The summed E-state index contributed by atoms with van der Waals surface area (Å²) in [6, 6.07) is 2.74. The maximum atomic E-state index is 14.0. The zero-order chi connectivity index (χ0) is 13.3. The highest BCUT2D eigenvalue weighted by Gasteiger charge is 2.26. The quantitative estimate of drug-likeness (QED) is 0.860. The van der Waals surface area contributed by atoms with Gasteiger partial charge in [-0.25, -0.2) is 17.5 Å².